The summed E-state index contributed by atoms with van der Waals surface area (Å²) in [6.45, 7) is 0. The third kappa shape index (κ3) is 2.20. The summed E-state index contributed by atoms with van der Waals surface area (Å²) in [6, 6.07) is 6.43. The van der Waals surface area contributed by atoms with Gasteiger partial charge in [0.25, 0.3) is 0 Å². The third-order valence-corrected chi connectivity index (χ3v) is 2.07. The maximum Gasteiger partial charge on any atom is 0.190 e. The summed E-state index contributed by atoms with van der Waals surface area (Å²) in [5.41, 5.74) is 0. The van der Waals surface area contributed by atoms with Gasteiger partial charge in [-0.15, -0.1) is 0 Å². The van der Waals surface area contributed by atoms with Crippen LogP contribution < -0.4 is 4.74 Å². The molecule has 3 nitrogen and oxygen atoms in total. The van der Waals surface area contributed by atoms with E-state index in [2.05, 4.69) is 0 Å². The number of hydrogen-bond donors (Lipinski definition) is 1. The molecule has 1 atom stereocenters. The van der Waals surface area contributed by atoms with Crippen molar-refractivity contribution in [2.24, 2.45) is 0 Å². The highest BCUT2D eigenvalue weighted by Crippen LogP contribution is 2.20. The predicted molar refractivity (Wildman–Crippen MR) is 46.8 cm³/mol. The number of para-hydroxylation sites is 1. The first-order chi connectivity index (χ1) is 5.75. The Morgan fingerprint density at radius 3 is 2.75 bits per heavy atom. The molecule has 0 saturated carbocycles. The molecule has 0 saturated heterocycles. The standard InChI is InChI=1S/C7H7ClO3S/c8-5-11-6-3-1-2-4-7(6)12(9)10/h1-4H,5H2,(H,9,10). The van der Waals surface area contributed by atoms with Gasteiger partial charge in [0.1, 0.15) is 10.6 Å². The molecule has 0 bridgehead atoms. The van der Waals surface area contributed by atoms with E-state index in [4.69, 9.17) is 20.9 Å². The Labute approximate surface area is 77.6 Å². The average Bonchev–Trinajstić information content (AvgIpc) is 2.05. The molecule has 1 N–H and O–H groups in total. The van der Waals surface area contributed by atoms with Crippen molar-refractivity contribution in [3.63, 3.8) is 0 Å². The van der Waals surface area contributed by atoms with Gasteiger partial charge >= 0.3 is 0 Å². The summed E-state index contributed by atoms with van der Waals surface area (Å²) in [6.07, 6.45) is 0. The van der Waals surface area contributed by atoms with E-state index in [9.17, 15) is 4.21 Å². The molecular formula is C7H7ClO3S. The quantitative estimate of drug-likeness (QED) is 0.607. The van der Waals surface area contributed by atoms with Gasteiger partial charge in [-0.3, -0.25) is 0 Å². The Morgan fingerprint density at radius 2 is 2.17 bits per heavy atom. The van der Waals surface area contributed by atoms with Crippen molar-refractivity contribution in [1.82, 2.24) is 0 Å². The van der Waals surface area contributed by atoms with Crippen LogP contribution in [-0.4, -0.2) is 14.8 Å². The van der Waals surface area contributed by atoms with Gasteiger partial charge < -0.3 is 9.29 Å². The normalized spacial score (nSPS) is 12.5. The number of ether oxygens (including phenoxy) is 1. The second-order valence-corrected chi connectivity index (χ2v) is 3.11. The molecule has 0 aromatic heterocycles. The fourth-order valence-corrected chi connectivity index (χ4v) is 1.38. The van der Waals surface area contributed by atoms with Crippen molar-refractivity contribution in [2.45, 2.75) is 4.90 Å². The van der Waals surface area contributed by atoms with E-state index in [-0.39, 0.29) is 11.0 Å². The summed E-state index contributed by atoms with van der Waals surface area (Å²) >= 11 is 3.28. The van der Waals surface area contributed by atoms with Crippen LogP contribution in [0.2, 0.25) is 0 Å². The number of hydrogen-bond acceptors (Lipinski definition) is 2. The lowest BCUT2D eigenvalue weighted by molar-refractivity contribution is 0.376. The second-order valence-electron chi connectivity index (χ2n) is 1.95. The molecule has 1 aromatic rings. The van der Waals surface area contributed by atoms with Crippen molar-refractivity contribution >= 4 is 22.7 Å². The molecule has 1 unspecified atom stereocenters. The fourth-order valence-electron chi connectivity index (χ4n) is 0.772. The van der Waals surface area contributed by atoms with E-state index < -0.39 is 11.1 Å². The topological polar surface area (TPSA) is 46.5 Å². The maximum absolute atomic E-state index is 10.7. The third-order valence-electron chi connectivity index (χ3n) is 1.25. The number of rotatable bonds is 3. The molecule has 1 aromatic carbocycles. The Balaban J connectivity index is 3.00. The molecule has 1 rings (SSSR count). The highest BCUT2D eigenvalue weighted by Gasteiger charge is 2.06. The molecule has 0 heterocycles. The SMILES string of the molecule is O=S(O)c1ccccc1OCCl. The van der Waals surface area contributed by atoms with Crippen LogP contribution in [0.25, 0.3) is 0 Å². The largest absolute Gasteiger partial charge is 0.477 e. The molecule has 0 radical (unpaired) electrons. The van der Waals surface area contributed by atoms with Gasteiger partial charge in [-0.2, -0.15) is 0 Å². The van der Waals surface area contributed by atoms with Crippen LogP contribution >= 0.6 is 11.6 Å². The first-order valence-electron chi connectivity index (χ1n) is 3.14. The van der Waals surface area contributed by atoms with E-state index in [0.29, 0.717) is 5.75 Å². The monoisotopic (exact) mass is 206 g/mol. The Bertz CT molecular complexity index is 290. The van der Waals surface area contributed by atoms with Crippen molar-refractivity contribution in [1.29, 1.82) is 0 Å². The van der Waals surface area contributed by atoms with Crippen molar-refractivity contribution in [3.8, 4) is 5.75 Å². The summed E-state index contributed by atoms with van der Waals surface area (Å²) < 4.78 is 24.4. The zero-order chi connectivity index (χ0) is 8.97. The van der Waals surface area contributed by atoms with Gasteiger partial charge in [0.2, 0.25) is 0 Å². The van der Waals surface area contributed by atoms with Crippen LogP contribution in [0.15, 0.2) is 29.2 Å². The van der Waals surface area contributed by atoms with Crippen LogP contribution in [0.3, 0.4) is 0 Å². The number of benzene rings is 1. The van der Waals surface area contributed by atoms with E-state index in [1.807, 2.05) is 0 Å². The Hall–Kier alpha value is -0.580. The van der Waals surface area contributed by atoms with Gasteiger partial charge in [0.05, 0.1) is 0 Å². The average molecular weight is 207 g/mol. The van der Waals surface area contributed by atoms with Crippen LogP contribution in [0.4, 0.5) is 0 Å². The summed E-state index contributed by atoms with van der Waals surface area (Å²) in [5, 5.41) is 0. The van der Waals surface area contributed by atoms with E-state index in [1.54, 1.807) is 18.2 Å². The first kappa shape index (κ1) is 9.51. The lowest BCUT2D eigenvalue weighted by Crippen LogP contribution is -1.96. The van der Waals surface area contributed by atoms with E-state index in [1.165, 1.54) is 6.07 Å². The van der Waals surface area contributed by atoms with Gasteiger partial charge in [-0.05, 0) is 12.1 Å². The molecule has 66 valence electrons. The zero-order valence-electron chi connectivity index (χ0n) is 6.07. The molecular weight excluding hydrogens is 200 g/mol. The predicted octanol–water partition coefficient (Wildman–Crippen LogP) is 1.84. The van der Waals surface area contributed by atoms with Gasteiger partial charge in [0, 0.05) is 0 Å². The van der Waals surface area contributed by atoms with Crippen molar-refractivity contribution < 1.29 is 13.5 Å². The van der Waals surface area contributed by atoms with Crippen LogP contribution in [0.1, 0.15) is 0 Å². The Morgan fingerprint density at radius 1 is 1.50 bits per heavy atom. The molecule has 0 amide bonds. The maximum atomic E-state index is 10.7. The molecule has 12 heavy (non-hydrogen) atoms. The van der Waals surface area contributed by atoms with Crippen LogP contribution in [0.5, 0.6) is 5.75 Å². The summed E-state index contributed by atoms with van der Waals surface area (Å²) in [5.74, 6) is 0.341. The minimum absolute atomic E-state index is 0.0335. The highest BCUT2D eigenvalue weighted by molar-refractivity contribution is 7.79. The van der Waals surface area contributed by atoms with Crippen LogP contribution in [0, 0.1) is 0 Å². The van der Waals surface area contributed by atoms with E-state index >= 15 is 0 Å². The minimum atomic E-state index is -2.03. The van der Waals surface area contributed by atoms with Gasteiger partial charge in [-0.1, -0.05) is 23.7 Å². The second kappa shape index (κ2) is 4.45. The molecule has 5 heteroatoms. The summed E-state index contributed by atoms with van der Waals surface area (Å²) in [7, 11) is 0. The molecule has 0 aliphatic heterocycles. The van der Waals surface area contributed by atoms with E-state index in [0.717, 1.165) is 0 Å². The van der Waals surface area contributed by atoms with Gasteiger partial charge in [0.15, 0.2) is 17.1 Å². The van der Waals surface area contributed by atoms with Gasteiger partial charge in [-0.25, -0.2) is 4.21 Å². The van der Waals surface area contributed by atoms with Crippen molar-refractivity contribution in [3.05, 3.63) is 24.3 Å². The minimum Gasteiger partial charge on any atom is -0.477 e. The lowest BCUT2D eigenvalue weighted by atomic mass is 10.3. The first-order valence-corrected chi connectivity index (χ1v) is 4.78. The van der Waals surface area contributed by atoms with Crippen LogP contribution in [-0.2, 0) is 11.1 Å². The lowest BCUT2D eigenvalue weighted by Gasteiger charge is -2.04. The zero-order valence-corrected chi connectivity index (χ0v) is 7.64. The number of alkyl halides is 1. The molecule has 0 spiro atoms. The number of halogens is 1. The molecule has 0 aliphatic rings. The smallest absolute Gasteiger partial charge is 0.190 e. The summed E-state index contributed by atoms with van der Waals surface area (Å²) in [4.78, 5) is 0.234. The Kier molecular flexibility index (Phi) is 3.52. The fraction of sp³-hybridized carbons (Fsp3) is 0.143. The molecule has 0 fully saturated rings. The highest BCUT2D eigenvalue weighted by atomic mass is 35.5. The molecule has 0 aliphatic carbocycles. The van der Waals surface area contributed by atoms with Crippen molar-refractivity contribution in [2.75, 3.05) is 6.07 Å².